The lowest BCUT2D eigenvalue weighted by Crippen LogP contribution is -2.38. The zero-order chi connectivity index (χ0) is 12.8. The molecular formula is C10H17N3O3S. The largest absolute Gasteiger partial charge is 0.333 e. The lowest BCUT2D eigenvalue weighted by atomic mass is 10.0. The number of fused-ring (bicyclic) bond motifs is 1. The molecule has 2 unspecified atom stereocenters. The van der Waals surface area contributed by atoms with Crippen LogP contribution in [0.4, 0.5) is 0 Å². The summed E-state index contributed by atoms with van der Waals surface area (Å²) in [6.45, 7) is 6.47. The molecule has 0 bridgehead atoms. The van der Waals surface area contributed by atoms with Crippen LogP contribution in [-0.2, 0) is 10.3 Å². The van der Waals surface area contributed by atoms with Crippen molar-refractivity contribution in [3.05, 3.63) is 11.3 Å². The number of aliphatic imine (C=N–C) groups is 1. The van der Waals surface area contributed by atoms with Gasteiger partial charge in [-0.1, -0.05) is 0 Å². The van der Waals surface area contributed by atoms with Gasteiger partial charge in [0.15, 0.2) is 0 Å². The molecule has 1 saturated heterocycles. The third kappa shape index (κ3) is 2.51. The molecule has 2 rings (SSSR count). The van der Waals surface area contributed by atoms with Crippen molar-refractivity contribution < 1.29 is 13.0 Å². The molecule has 17 heavy (non-hydrogen) atoms. The molecule has 2 aliphatic rings. The Bertz CT molecular complexity index is 495. The number of hydrogen-bond donors (Lipinski definition) is 2. The van der Waals surface area contributed by atoms with Gasteiger partial charge in [0.2, 0.25) is 0 Å². The Balaban J connectivity index is 2.22. The second-order valence-corrected chi connectivity index (χ2v) is 5.77. The first-order chi connectivity index (χ1) is 7.78. The number of amidine groups is 1. The molecule has 1 fully saturated rings. The molecule has 0 aromatic rings. The molecule has 6 nitrogen and oxygen atoms in total. The van der Waals surface area contributed by atoms with Crippen LogP contribution in [0.5, 0.6) is 0 Å². The van der Waals surface area contributed by atoms with Gasteiger partial charge in [0.25, 0.3) is 0 Å². The van der Waals surface area contributed by atoms with Gasteiger partial charge in [-0.25, -0.2) is 0 Å². The van der Waals surface area contributed by atoms with Gasteiger partial charge in [0.05, 0.1) is 6.04 Å². The molecule has 2 heterocycles. The van der Waals surface area contributed by atoms with Crippen molar-refractivity contribution in [2.75, 3.05) is 6.54 Å². The Labute approximate surface area is 101 Å². The highest BCUT2D eigenvalue weighted by Crippen LogP contribution is 2.31. The smallest absolute Gasteiger partial charge is 0.332 e. The second-order valence-electron chi connectivity index (χ2n) is 4.59. The molecule has 0 aromatic heterocycles. The fourth-order valence-corrected chi connectivity index (χ4v) is 3.00. The molecule has 2 atom stereocenters. The summed E-state index contributed by atoms with van der Waals surface area (Å²) in [4.78, 5) is 6.49. The molecule has 0 aliphatic carbocycles. The maximum atomic E-state index is 10.8. The van der Waals surface area contributed by atoms with E-state index in [1.165, 1.54) is 0 Å². The molecular weight excluding hydrogens is 242 g/mol. The summed E-state index contributed by atoms with van der Waals surface area (Å²) in [6.07, 6.45) is 0.600. The Kier molecular flexibility index (Phi) is 3.01. The summed E-state index contributed by atoms with van der Waals surface area (Å²) in [7, 11) is -4.14. The third-order valence-electron chi connectivity index (χ3n) is 3.34. The van der Waals surface area contributed by atoms with Gasteiger partial charge in [-0.05, 0) is 26.3 Å². The van der Waals surface area contributed by atoms with E-state index in [2.05, 4.69) is 9.71 Å². The SMILES string of the molecule is CC1=NC(C)C(C)=C2CC(NS(=O)(=O)O)CN12. The summed E-state index contributed by atoms with van der Waals surface area (Å²) in [6, 6.07) is -0.142. The van der Waals surface area contributed by atoms with Crippen molar-refractivity contribution in [3.8, 4) is 0 Å². The van der Waals surface area contributed by atoms with Crippen LogP contribution in [0, 0.1) is 0 Å². The van der Waals surface area contributed by atoms with Gasteiger partial charge in [-0.3, -0.25) is 9.55 Å². The molecule has 0 saturated carbocycles. The molecule has 0 radical (unpaired) electrons. The first kappa shape index (κ1) is 12.5. The summed E-state index contributed by atoms with van der Waals surface area (Å²) in [5.74, 6) is 0.901. The zero-order valence-corrected chi connectivity index (χ0v) is 11.0. The maximum Gasteiger partial charge on any atom is 0.333 e. The van der Waals surface area contributed by atoms with Crippen molar-refractivity contribution in [2.45, 2.75) is 39.3 Å². The van der Waals surface area contributed by atoms with Crippen molar-refractivity contribution in [1.82, 2.24) is 9.62 Å². The van der Waals surface area contributed by atoms with E-state index in [0.29, 0.717) is 13.0 Å². The van der Waals surface area contributed by atoms with Gasteiger partial charge in [-0.2, -0.15) is 13.1 Å². The first-order valence-corrected chi connectivity index (χ1v) is 6.98. The van der Waals surface area contributed by atoms with E-state index in [9.17, 15) is 8.42 Å². The minimum Gasteiger partial charge on any atom is -0.332 e. The second kappa shape index (κ2) is 4.08. The summed E-state index contributed by atoms with van der Waals surface area (Å²) < 4.78 is 32.6. The van der Waals surface area contributed by atoms with Crippen LogP contribution < -0.4 is 4.72 Å². The molecule has 0 spiro atoms. The molecule has 96 valence electrons. The van der Waals surface area contributed by atoms with Crippen LogP contribution in [0.2, 0.25) is 0 Å². The summed E-state index contributed by atoms with van der Waals surface area (Å²) in [5.41, 5.74) is 2.28. The van der Waals surface area contributed by atoms with E-state index in [4.69, 9.17) is 4.55 Å². The molecule has 2 aliphatic heterocycles. The zero-order valence-electron chi connectivity index (χ0n) is 10.1. The van der Waals surface area contributed by atoms with E-state index >= 15 is 0 Å². The Morgan fingerprint density at radius 3 is 2.71 bits per heavy atom. The fraction of sp³-hybridized carbons (Fsp3) is 0.700. The maximum absolute atomic E-state index is 10.8. The van der Waals surface area contributed by atoms with E-state index in [1.54, 1.807) is 0 Å². The third-order valence-corrected chi connectivity index (χ3v) is 3.97. The van der Waals surface area contributed by atoms with Crippen molar-refractivity contribution >= 4 is 16.1 Å². The Morgan fingerprint density at radius 1 is 1.47 bits per heavy atom. The minimum atomic E-state index is -4.14. The van der Waals surface area contributed by atoms with E-state index in [-0.39, 0.29) is 12.1 Å². The normalized spacial score (nSPS) is 29.4. The first-order valence-electron chi connectivity index (χ1n) is 5.54. The average Bonchev–Trinajstić information content (AvgIpc) is 2.56. The van der Waals surface area contributed by atoms with Crippen LogP contribution in [0.25, 0.3) is 0 Å². The van der Waals surface area contributed by atoms with Crippen LogP contribution in [0.1, 0.15) is 27.2 Å². The van der Waals surface area contributed by atoms with Gasteiger partial charge < -0.3 is 4.90 Å². The minimum absolute atomic E-state index is 0.144. The van der Waals surface area contributed by atoms with Gasteiger partial charge in [-0.15, -0.1) is 0 Å². The monoisotopic (exact) mass is 259 g/mol. The van der Waals surface area contributed by atoms with Crippen LogP contribution in [-0.4, -0.2) is 42.3 Å². The Morgan fingerprint density at radius 2 is 2.12 bits per heavy atom. The van der Waals surface area contributed by atoms with Crippen molar-refractivity contribution in [3.63, 3.8) is 0 Å². The van der Waals surface area contributed by atoms with E-state index < -0.39 is 10.3 Å². The predicted octanol–water partition coefficient (Wildman–Crippen LogP) is 0.548. The van der Waals surface area contributed by atoms with Crippen molar-refractivity contribution in [2.24, 2.45) is 4.99 Å². The van der Waals surface area contributed by atoms with Crippen LogP contribution in [0.3, 0.4) is 0 Å². The quantitative estimate of drug-likeness (QED) is 0.709. The lowest BCUT2D eigenvalue weighted by Gasteiger charge is -2.28. The molecule has 0 aromatic carbocycles. The van der Waals surface area contributed by atoms with Gasteiger partial charge >= 0.3 is 10.3 Å². The number of nitrogens with zero attached hydrogens (tertiary/aromatic N) is 2. The topological polar surface area (TPSA) is 82.0 Å². The van der Waals surface area contributed by atoms with Crippen LogP contribution >= 0.6 is 0 Å². The highest BCUT2D eigenvalue weighted by Gasteiger charge is 2.34. The van der Waals surface area contributed by atoms with Crippen molar-refractivity contribution in [1.29, 1.82) is 0 Å². The standard InChI is InChI=1S/C10H17N3O3S/c1-6-7(2)11-8(3)13-5-9(4-10(6)13)12-17(14,15)16/h7,9,12H,4-5H2,1-3H3,(H,14,15,16). The highest BCUT2D eigenvalue weighted by molar-refractivity contribution is 7.83. The fourth-order valence-electron chi connectivity index (χ4n) is 2.42. The average molecular weight is 259 g/mol. The van der Waals surface area contributed by atoms with E-state index in [0.717, 1.165) is 17.1 Å². The predicted molar refractivity (Wildman–Crippen MR) is 65.1 cm³/mol. The Hall–Kier alpha value is -0.920. The molecule has 0 amide bonds. The number of rotatable bonds is 2. The number of nitrogens with one attached hydrogen (secondary N) is 1. The molecule has 2 N–H and O–H groups in total. The van der Waals surface area contributed by atoms with Gasteiger partial charge in [0, 0.05) is 24.7 Å². The van der Waals surface area contributed by atoms with E-state index in [1.807, 2.05) is 25.7 Å². The lowest BCUT2D eigenvalue weighted by molar-refractivity contribution is 0.447. The van der Waals surface area contributed by atoms with Crippen LogP contribution in [0.15, 0.2) is 16.3 Å². The number of hydrogen-bond acceptors (Lipinski definition) is 4. The highest BCUT2D eigenvalue weighted by atomic mass is 32.2. The summed E-state index contributed by atoms with van der Waals surface area (Å²) >= 11 is 0. The molecule has 7 heteroatoms. The summed E-state index contributed by atoms with van der Waals surface area (Å²) in [5, 5.41) is 0. The van der Waals surface area contributed by atoms with Gasteiger partial charge in [0.1, 0.15) is 5.84 Å².